The van der Waals surface area contributed by atoms with Crippen molar-refractivity contribution in [2.45, 2.75) is 33.1 Å². The van der Waals surface area contributed by atoms with Gasteiger partial charge in [0.2, 0.25) is 0 Å². The predicted molar refractivity (Wildman–Crippen MR) is 112 cm³/mol. The first-order chi connectivity index (χ1) is 14.3. The number of nitrogens with zero attached hydrogens (tertiary/aromatic N) is 2. The minimum Gasteiger partial charge on any atom is -0.352 e. The SMILES string of the molecule is CCN(CC)C(=O)c1ccc(CNC(=NC)NCc2ccc(C(F)(F)F)cc2)cc1. The fraction of sp³-hybridized carbons (Fsp3) is 0.364. The number of guanidine groups is 1. The lowest BCUT2D eigenvalue weighted by atomic mass is 10.1. The topological polar surface area (TPSA) is 56.7 Å². The molecule has 2 rings (SSSR count). The van der Waals surface area contributed by atoms with Gasteiger partial charge in [0, 0.05) is 38.8 Å². The fourth-order valence-electron chi connectivity index (χ4n) is 2.86. The van der Waals surface area contributed by atoms with Crippen molar-refractivity contribution in [3.63, 3.8) is 0 Å². The van der Waals surface area contributed by atoms with Gasteiger partial charge in [0.1, 0.15) is 0 Å². The summed E-state index contributed by atoms with van der Waals surface area (Å²) >= 11 is 0. The molecule has 1 amide bonds. The predicted octanol–water partition coefficient (Wildman–Crippen LogP) is 4.05. The van der Waals surface area contributed by atoms with Crippen LogP contribution < -0.4 is 10.6 Å². The van der Waals surface area contributed by atoms with Gasteiger partial charge in [-0.15, -0.1) is 0 Å². The van der Waals surface area contributed by atoms with E-state index in [1.807, 2.05) is 26.0 Å². The number of benzene rings is 2. The molecule has 162 valence electrons. The van der Waals surface area contributed by atoms with E-state index in [4.69, 9.17) is 0 Å². The number of carbonyl (C=O) groups excluding carboxylic acids is 1. The molecule has 5 nitrogen and oxygen atoms in total. The third-order valence-corrected chi connectivity index (χ3v) is 4.68. The Morgan fingerprint density at radius 3 is 1.77 bits per heavy atom. The smallest absolute Gasteiger partial charge is 0.352 e. The maximum absolute atomic E-state index is 12.6. The Morgan fingerprint density at radius 1 is 0.900 bits per heavy atom. The molecule has 2 aromatic carbocycles. The van der Waals surface area contributed by atoms with Gasteiger partial charge >= 0.3 is 6.18 Å². The standard InChI is InChI=1S/C22H27F3N4O/c1-4-29(5-2)20(30)18-10-6-16(7-11-18)14-27-21(26-3)28-15-17-8-12-19(13-9-17)22(23,24)25/h6-13H,4-5,14-15H2,1-3H3,(H2,26,27,28). The number of rotatable bonds is 7. The van der Waals surface area contributed by atoms with E-state index in [0.29, 0.717) is 43.3 Å². The quantitative estimate of drug-likeness (QED) is 0.525. The molecule has 2 aromatic rings. The Labute approximate surface area is 175 Å². The maximum atomic E-state index is 12.6. The zero-order valence-electron chi connectivity index (χ0n) is 17.4. The van der Waals surface area contributed by atoms with Crippen LogP contribution in [0.4, 0.5) is 13.2 Å². The van der Waals surface area contributed by atoms with Gasteiger partial charge in [-0.25, -0.2) is 0 Å². The number of aliphatic imine (C=N–C) groups is 1. The number of hydrogen-bond acceptors (Lipinski definition) is 2. The largest absolute Gasteiger partial charge is 0.416 e. The van der Waals surface area contributed by atoms with Crippen molar-refractivity contribution in [3.8, 4) is 0 Å². The number of hydrogen-bond donors (Lipinski definition) is 2. The van der Waals surface area contributed by atoms with Gasteiger partial charge in [-0.1, -0.05) is 24.3 Å². The van der Waals surface area contributed by atoms with Crippen molar-refractivity contribution in [3.05, 3.63) is 70.8 Å². The molecule has 0 aliphatic heterocycles. The van der Waals surface area contributed by atoms with Crippen molar-refractivity contribution >= 4 is 11.9 Å². The zero-order chi connectivity index (χ0) is 22.1. The highest BCUT2D eigenvalue weighted by Crippen LogP contribution is 2.29. The lowest BCUT2D eigenvalue weighted by Crippen LogP contribution is -2.36. The van der Waals surface area contributed by atoms with Crippen molar-refractivity contribution in [1.82, 2.24) is 15.5 Å². The van der Waals surface area contributed by atoms with E-state index in [1.54, 1.807) is 24.1 Å². The molecule has 0 unspecified atom stereocenters. The Balaban J connectivity index is 1.87. The molecule has 0 bridgehead atoms. The molecule has 0 aliphatic carbocycles. The van der Waals surface area contributed by atoms with E-state index in [2.05, 4.69) is 15.6 Å². The second-order valence-corrected chi connectivity index (χ2v) is 6.65. The summed E-state index contributed by atoms with van der Waals surface area (Å²) in [4.78, 5) is 18.2. The summed E-state index contributed by atoms with van der Waals surface area (Å²) in [5.74, 6) is 0.534. The van der Waals surface area contributed by atoms with Gasteiger partial charge in [0.15, 0.2) is 5.96 Å². The third kappa shape index (κ3) is 6.50. The Kier molecular flexibility index (Phi) is 8.26. The monoisotopic (exact) mass is 420 g/mol. The minimum absolute atomic E-state index is 0.00790. The average Bonchev–Trinajstić information content (AvgIpc) is 2.74. The molecule has 0 saturated heterocycles. The normalized spacial score (nSPS) is 11.9. The molecule has 2 N–H and O–H groups in total. The molecule has 30 heavy (non-hydrogen) atoms. The van der Waals surface area contributed by atoms with E-state index in [9.17, 15) is 18.0 Å². The molecular weight excluding hydrogens is 393 g/mol. The van der Waals surface area contributed by atoms with Crippen LogP contribution in [0.1, 0.15) is 40.9 Å². The Morgan fingerprint density at radius 2 is 1.37 bits per heavy atom. The van der Waals surface area contributed by atoms with E-state index < -0.39 is 11.7 Å². The summed E-state index contributed by atoms with van der Waals surface area (Å²) in [5, 5.41) is 6.22. The third-order valence-electron chi connectivity index (χ3n) is 4.68. The first-order valence-corrected chi connectivity index (χ1v) is 9.77. The molecule has 0 radical (unpaired) electrons. The van der Waals surface area contributed by atoms with Gasteiger partial charge in [0.05, 0.1) is 5.56 Å². The lowest BCUT2D eigenvalue weighted by molar-refractivity contribution is -0.137. The summed E-state index contributed by atoms with van der Waals surface area (Å²) in [5.41, 5.74) is 1.66. The van der Waals surface area contributed by atoms with Gasteiger partial charge in [-0.05, 0) is 49.2 Å². The zero-order valence-corrected chi connectivity index (χ0v) is 17.4. The van der Waals surface area contributed by atoms with Gasteiger partial charge in [-0.2, -0.15) is 13.2 Å². The molecule has 0 heterocycles. The average molecular weight is 420 g/mol. The van der Waals surface area contributed by atoms with E-state index in [-0.39, 0.29) is 5.91 Å². The van der Waals surface area contributed by atoms with Crippen molar-refractivity contribution in [1.29, 1.82) is 0 Å². The van der Waals surface area contributed by atoms with Crippen LogP contribution in [0.15, 0.2) is 53.5 Å². The van der Waals surface area contributed by atoms with Crippen LogP contribution in [0.2, 0.25) is 0 Å². The number of halogens is 3. The van der Waals surface area contributed by atoms with Gasteiger partial charge in [0.25, 0.3) is 5.91 Å². The van der Waals surface area contributed by atoms with Crippen LogP contribution in [-0.4, -0.2) is 36.9 Å². The second kappa shape index (κ2) is 10.7. The minimum atomic E-state index is -4.34. The summed E-state index contributed by atoms with van der Waals surface area (Å²) < 4.78 is 37.9. The summed E-state index contributed by atoms with van der Waals surface area (Å²) in [6, 6.07) is 12.4. The molecule has 8 heteroatoms. The first-order valence-electron chi connectivity index (χ1n) is 9.77. The Hall–Kier alpha value is -3.03. The lowest BCUT2D eigenvalue weighted by Gasteiger charge is -2.18. The van der Waals surface area contributed by atoms with Crippen molar-refractivity contribution in [2.24, 2.45) is 4.99 Å². The Bertz CT molecular complexity index is 842. The number of alkyl halides is 3. The van der Waals surface area contributed by atoms with Crippen LogP contribution in [-0.2, 0) is 19.3 Å². The van der Waals surface area contributed by atoms with Crippen molar-refractivity contribution < 1.29 is 18.0 Å². The number of carbonyl (C=O) groups is 1. The second-order valence-electron chi connectivity index (χ2n) is 6.65. The molecule has 0 spiro atoms. The summed E-state index contributed by atoms with van der Waals surface area (Å²) in [6.45, 7) is 6.06. The molecule has 0 saturated carbocycles. The number of nitrogens with one attached hydrogen (secondary N) is 2. The maximum Gasteiger partial charge on any atom is 0.416 e. The molecule has 0 aromatic heterocycles. The molecular formula is C22H27F3N4O. The molecule has 0 fully saturated rings. The van der Waals surface area contributed by atoms with Gasteiger partial charge < -0.3 is 15.5 Å². The van der Waals surface area contributed by atoms with E-state index in [1.165, 1.54) is 12.1 Å². The molecule has 0 aliphatic rings. The highest BCUT2D eigenvalue weighted by Gasteiger charge is 2.29. The van der Waals surface area contributed by atoms with E-state index >= 15 is 0 Å². The number of amides is 1. The first kappa shape index (κ1) is 23.3. The fourth-order valence-corrected chi connectivity index (χ4v) is 2.86. The summed E-state index contributed by atoms with van der Waals surface area (Å²) in [6.07, 6.45) is -4.34. The van der Waals surface area contributed by atoms with Crippen molar-refractivity contribution in [2.75, 3.05) is 20.1 Å². The van der Waals surface area contributed by atoms with Crippen LogP contribution >= 0.6 is 0 Å². The highest BCUT2D eigenvalue weighted by molar-refractivity contribution is 5.94. The van der Waals surface area contributed by atoms with Crippen LogP contribution in [0.25, 0.3) is 0 Å². The summed E-state index contributed by atoms with van der Waals surface area (Å²) in [7, 11) is 1.62. The van der Waals surface area contributed by atoms with Crippen LogP contribution in [0.5, 0.6) is 0 Å². The van der Waals surface area contributed by atoms with Crippen LogP contribution in [0, 0.1) is 0 Å². The highest BCUT2D eigenvalue weighted by atomic mass is 19.4. The van der Waals surface area contributed by atoms with E-state index in [0.717, 1.165) is 17.7 Å². The molecule has 0 atom stereocenters. The van der Waals surface area contributed by atoms with Gasteiger partial charge in [-0.3, -0.25) is 9.79 Å². The van der Waals surface area contributed by atoms with Crippen LogP contribution in [0.3, 0.4) is 0 Å².